The van der Waals surface area contributed by atoms with Crippen LogP contribution in [0.2, 0.25) is 0 Å². The lowest BCUT2D eigenvalue weighted by Gasteiger charge is -2.23. The third-order valence-electron chi connectivity index (χ3n) is 6.03. The lowest BCUT2D eigenvalue weighted by molar-refractivity contribution is -0.118. The Hall–Kier alpha value is -3.80. The minimum absolute atomic E-state index is 0.231. The van der Waals surface area contributed by atoms with Gasteiger partial charge in [-0.05, 0) is 46.2 Å². The van der Waals surface area contributed by atoms with E-state index in [1.165, 1.54) is 7.11 Å². The van der Waals surface area contributed by atoms with E-state index in [2.05, 4.69) is 38.3 Å². The highest BCUT2D eigenvalue weighted by Gasteiger charge is 2.24. The summed E-state index contributed by atoms with van der Waals surface area (Å²) in [5, 5.41) is 5.80. The average molecular weight is 489 g/mol. The molecule has 0 bridgehead atoms. The summed E-state index contributed by atoms with van der Waals surface area (Å²) in [6.07, 6.45) is -0.347. The molecule has 190 valence electrons. The van der Waals surface area contributed by atoms with Crippen molar-refractivity contribution in [3.63, 3.8) is 0 Å². The van der Waals surface area contributed by atoms with Gasteiger partial charge in [-0.1, -0.05) is 88.4 Å². The second-order valence-electron chi connectivity index (χ2n) is 9.42. The molecule has 0 unspecified atom stereocenters. The van der Waals surface area contributed by atoms with E-state index >= 15 is 0 Å². The molecule has 0 aliphatic rings. The molecule has 0 aliphatic heterocycles. The Morgan fingerprint density at radius 2 is 1.39 bits per heavy atom. The minimum Gasteiger partial charge on any atom is -0.489 e. The van der Waals surface area contributed by atoms with Crippen LogP contribution in [-0.2, 0) is 22.6 Å². The highest BCUT2D eigenvalue weighted by atomic mass is 16.5. The fraction of sp³-hybridized carbons (Fsp3) is 0.333. The van der Waals surface area contributed by atoms with E-state index in [0.717, 1.165) is 33.7 Å². The van der Waals surface area contributed by atoms with Gasteiger partial charge in [0.1, 0.15) is 18.4 Å². The lowest BCUT2D eigenvalue weighted by Crippen LogP contribution is -2.45. The molecule has 3 rings (SSSR count). The number of nitrogens with one attached hydrogen (secondary N) is 2. The van der Waals surface area contributed by atoms with E-state index in [0.29, 0.717) is 13.0 Å². The molecular formula is C30H36N2O4. The third kappa shape index (κ3) is 7.35. The van der Waals surface area contributed by atoms with Crippen molar-refractivity contribution in [2.24, 2.45) is 0 Å². The Morgan fingerprint density at radius 3 is 1.94 bits per heavy atom. The fourth-order valence-corrected chi connectivity index (χ4v) is 4.01. The number of benzene rings is 3. The Labute approximate surface area is 214 Å². The number of alkyl carbamates (subject to hydrolysis) is 1. The van der Waals surface area contributed by atoms with Gasteiger partial charge in [0, 0.05) is 12.1 Å². The summed E-state index contributed by atoms with van der Waals surface area (Å²) in [6.45, 7) is 8.87. The first-order valence-corrected chi connectivity index (χ1v) is 12.3. The van der Waals surface area contributed by atoms with E-state index in [1.54, 1.807) is 0 Å². The number of hydrogen-bond acceptors (Lipinski definition) is 4. The Balaban J connectivity index is 1.76. The first-order valence-electron chi connectivity index (χ1n) is 12.3. The van der Waals surface area contributed by atoms with Crippen LogP contribution in [0.15, 0.2) is 72.8 Å². The van der Waals surface area contributed by atoms with Gasteiger partial charge in [-0.15, -0.1) is 0 Å². The topological polar surface area (TPSA) is 76.7 Å². The molecule has 6 heteroatoms. The maximum Gasteiger partial charge on any atom is 0.407 e. The summed E-state index contributed by atoms with van der Waals surface area (Å²) < 4.78 is 10.6. The van der Waals surface area contributed by atoms with E-state index < -0.39 is 12.1 Å². The molecule has 0 saturated carbocycles. The van der Waals surface area contributed by atoms with Gasteiger partial charge in [-0.3, -0.25) is 4.79 Å². The largest absolute Gasteiger partial charge is 0.489 e. The van der Waals surface area contributed by atoms with E-state index in [-0.39, 0.29) is 17.7 Å². The van der Waals surface area contributed by atoms with Crippen molar-refractivity contribution in [2.75, 3.05) is 12.4 Å². The smallest absolute Gasteiger partial charge is 0.407 e. The summed E-state index contributed by atoms with van der Waals surface area (Å²) >= 11 is 0. The summed E-state index contributed by atoms with van der Waals surface area (Å²) in [5.74, 6) is 0.903. The monoisotopic (exact) mass is 488 g/mol. The third-order valence-corrected chi connectivity index (χ3v) is 6.03. The highest BCUT2D eigenvalue weighted by molar-refractivity contribution is 5.98. The zero-order chi connectivity index (χ0) is 26.1. The van der Waals surface area contributed by atoms with Crippen LogP contribution >= 0.6 is 0 Å². The molecule has 0 aromatic heterocycles. The lowest BCUT2D eigenvalue weighted by atomic mass is 9.92. The molecule has 2 amide bonds. The second-order valence-corrected chi connectivity index (χ2v) is 9.42. The van der Waals surface area contributed by atoms with Crippen molar-refractivity contribution in [3.05, 3.63) is 95.1 Å². The Morgan fingerprint density at radius 1 is 0.778 bits per heavy atom. The summed E-state index contributed by atoms with van der Waals surface area (Å²) in [5.41, 5.74) is 4.91. The number of amides is 2. The predicted molar refractivity (Wildman–Crippen MR) is 143 cm³/mol. The molecule has 3 aromatic rings. The summed E-state index contributed by atoms with van der Waals surface area (Å²) in [4.78, 5) is 25.5. The average Bonchev–Trinajstić information content (AvgIpc) is 2.88. The molecule has 0 radical (unpaired) electrons. The van der Waals surface area contributed by atoms with Crippen molar-refractivity contribution >= 4 is 17.7 Å². The van der Waals surface area contributed by atoms with Crippen LogP contribution < -0.4 is 15.4 Å². The zero-order valence-corrected chi connectivity index (χ0v) is 21.7. The number of methoxy groups -OCH3 is 1. The maximum absolute atomic E-state index is 13.4. The van der Waals surface area contributed by atoms with Crippen molar-refractivity contribution in [3.8, 4) is 5.75 Å². The highest BCUT2D eigenvalue weighted by Crippen LogP contribution is 2.32. The van der Waals surface area contributed by atoms with Crippen molar-refractivity contribution in [2.45, 2.75) is 58.6 Å². The molecule has 0 heterocycles. The molecule has 3 aromatic carbocycles. The molecule has 0 aliphatic carbocycles. The number of carbonyl (C=O) groups is 2. The molecule has 0 fully saturated rings. The van der Waals surface area contributed by atoms with E-state index in [9.17, 15) is 9.59 Å². The van der Waals surface area contributed by atoms with Crippen LogP contribution in [0, 0.1) is 0 Å². The molecule has 6 nitrogen and oxygen atoms in total. The van der Waals surface area contributed by atoms with Crippen LogP contribution in [0.1, 0.15) is 61.8 Å². The summed E-state index contributed by atoms with van der Waals surface area (Å²) in [6, 6.07) is 22.8. The standard InChI is InChI=1S/C30H36N2O4/c1-20(2)25-12-9-13-26(21(3)4)28(25)32-29(33)27(31-30(34)35-5)18-22-14-16-24(17-15-22)36-19-23-10-7-6-8-11-23/h6-17,20-21,27H,18-19H2,1-5H3,(H,31,34)(H,32,33)/t27-/m0/s1. The number of para-hydroxylation sites is 1. The Bertz CT molecular complexity index is 1120. The van der Waals surface area contributed by atoms with Gasteiger partial charge in [-0.2, -0.15) is 0 Å². The van der Waals surface area contributed by atoms with Gasteiger partial charge in [0.2, 0.25) is 5.91 Å². The van der Waals surface area contributed by atoms with Crippen molar-refractivity contribution in [1.29, 1.82) is 0 Å². The molecule has 0 spiro atoms. The van der Waals surface area contributed by atoms with Gasteiger partial charge in [0.05, 0.1) is 7.11 Å². The van der Waals surface area contributed by atoms with Gasteiger partial charge in [-0.25, -0.2) is 4.79 Å². The number of ether oxygens (including phenoxy) is 2. The van der Waals surface area contributed by atoms with Gasteiger partial charge >= 0.3 is 6.09 Å². The van der Waals surface area contributed by atoms with Crippen LogP contribution in [0.4, 0.5) is 10.5 Å². The first-order chi connectivity index (χ1) is 17.3. The molecule has 0 saturated heterocycles. The molecular weight excluding hydrogens is 452 g/mol. The summed E-state index contributed by atoms with van der Waals surface area (Å²) in [7, 11) is 1.29. The van der Waals surface area contributed by atoms with E-state index in [4.69, 9.17) is 9.47 Å². The molecule has 36 heavy (non-hydrogen) atoms. The maximum atomic E-state index is 13.4. The number of anilines is 1. The fourth-order valence-electron chi connectivity index (χ4n) is 4.01. The van der Waals surface area contributed by atoms with Gasteiger partial charge in [0.15, 0.2) is 0 Å². The first kappa shape index (κ1) is 26.8. The normalized spacial score (nSPS) is 11.8. The predicted octanol–water partition coefficient (Wildman–Crippen LogP) is 6.42. The number of rotatable bonds is 10. The number of hydrogen-bond donors (Lipinski definition) is 2. The zero-order valence-electron chi connectivity index (χ0n) is 21.7. The van der Waals surface area contributed by atoms with Crippen molar-refractivity contribution in [1.82, 2.24) is 5.32 Å². The quantitative estimate of drug-likeness (QED) is 0.345. The minimum atomic E-state index is -0.811. The van der Waals surface area contributed by atoms with Crippen LogP contribution in [0.25, 0.3) is 0 Å². The molecule has 1 atom stereocenters. The van der Waals surface area contributed by atoms with Crippen LogP contribution in [-0.4, -0.2) is 25.2 Å². The second kappa shape index (κ2) is 12.8. The number of carbonyl (C=O) groups excluding carboxylic acids is 2. The van der Waals surface area contributed by atoms with Crippen LogP contribution in [0.5, 0.6) is 5.75 Å². The van der Waals surface area contributed by atoms with Gasteiger partial charge in [0.25, 0.3) is 0 Å². The van der Waals surface area contributed by atoms with Crippen molar-refractivity contribution < 1.29 is 19.1 Å². The SMILES string of the molecule is COC(=O)N[C@@H](Cc1ccc(OCc2ccccc2)cc1)C(=O)Nc1c(C(C)C)cccc1C(C)C. The van der Waals surface area contributed by atoms with Gasteiger partial charge < -0.3 is 20.1 Å². The van der Waals surface area contributed by atoms with E-state index in [1.807, 2.05) is 72.8 Å². The van der Waals surface area contributed by atoms with Crippen LogP contribution in [0.3, 0.4) is 0 Å². The molecule has 2 N–H and O–H groups in total. The Kier molecular flexibility index (Phi) is 9.51.